The molecule has 0 aliphatic carbocycles. The first-order chi connectivity index (χ1) is 11.5. The van der Waals surface area contributed by atoms with Gasteiger partial charge in [-0.05, 0) is 5.56 Å². The van der Waals surface area contributed by atoms with Crippen LogP contribution in [0.3, 0.4) is 0 Å². The molecular weight excluding hydrogens is 310 g/mol. The summed E-state index contributed by atoms with van der Waals surface area (Å²) in [6.07, 6.45) is 0.699. The van der Waals surface area contributed by atoms with Gasteiger partial charge in [0.05, 0.1) is 13.1 Å². The van der Waals surface area contributed by atoms with Crippen molar-refractivity contribution in [3.8, 4) is 0 Å². The predicted molar refractivity (Wildman–Crippen MR) is 84.3 cm³/mol. The summed E-state index contributed by atoms with van der Waals surface area (Å²) in [5.74, 6) is -1.09. The van der Waals surface area contributed by atoms with Crippen molar-refractivity contribution in [3.05, 3.63) is 69.6 Å². The van der Waals surface area contributed by atoms with Crippen molar-refractivity contribution in [3.63, 3.8) is 0 Å². The number of amides is 2. The first-order valence-corrected chi connectivity index (χ1v) is 7.60. The molecule has 24 heavy (non-hydrogen) atoms. The molecule has 7 heteroatoms. The maximum absolute atomic E-state index is 12.7. The van der Waals surface area contributed by atoms with Gasteiger partial charge in [-0.1, -0.05) is 30.3 Å². The van der Waals surface area contributed by atoms with E-state index >= 15 is 0 Å². The van der Waals surface area contributed by atoms with Crippen LogP contribution in [0.2, 0.25) is 0 Å². The van der Waals surface area contributed by atoms with E-state index in [0.29, 0.717) is 13.1 Å². The average Bonchev–Trinajstić information content (AvgIpc) is 3.00. The number of primary amides is 1. The van der Waals surface area contributed by atoms with Crippen molar-refractivity contribution >= 4 is 11.8 Å². The van der Waals surface area contributed by atoms with E-state index in [9.17, 15) is 14.4 Å². The molecule has 2 atom stereocenters. The van der Waals surface area contributed by atoms with Crippen LogP contribution in [-0.4, -0.2) is 34.1 Å². The number of nitrogens with two attached hydrogens (primary N) is 1. The van der Waals surface area contributed by atoms with Crippen LogP contribution in [0.15, 0.2) is 47.4 Å². The zero-order chi connectivity index (χ0) is 16.8. The second-order valence-corrected chi connectivity index (χ2v) is 5.90. The summed E-state index contributed by atoms with van der Waals surface area (Å²) in [5, 5.41) is 0. The van der Waals surface area contributed by atoms with Gasteiger partial charge in [-0.25, -0.2) is 0 Å². The quantitative estimate of drug-likeness (QED) is 0.870. The van der Waals surface area contributed by atoms with E-state index in [1.807, 2.05) is 30.3 Å². The van der Waals surface area contributed by atoms with E-state index in [4.69, 9.17) is 10.5 Å². The highest BCUT2D eigenvalue weighted by molar-refractivity contribution is 5.96. The second-order valence-electron chi connectivity index (χ2n) is 5.90. The van der Waals surface area contributed by atoms with Crippen LogP contribution >= 0.6 is 0 Å². The third-order valence-electron chi connectivity index (χ3n) is 4.43. The Morgan fingerprint density at radius 2 is 1.92 bits per heavy atom. The number of fused-ring (bicyclic) bond motifs is 2. The molecule has 3 heterocycles. The molecule has 0 spiro atoms. The maximum atomic E-state index is 12.7. The van der Waals surface area contributed by atoms with Crippen molar-refractivity contribution in [2.45, 2.75) is 18.9 Å². The minimum absolute atomic E-state index is 0.127. The topological polar surface area (TPSA) is 94.6 Å². The standard InChI is InChI=1S/C17H15N3O4/c18-16(22)11-7-19-9-15-20(17(23)12(19)6-13(11)21)8-14(24-15)10-4-2-1-3-5-10/h1-7,14-15H,8-9H2,(H2,18,22). The molecule has 1 saturated heterocycles. The fraction of sp³-hybridized carbons (Fsp3) is 0.235. The lowest BCUT2D eigenvalue weighted by Crippen LogP contribution is -2.46. The molecule has 0 bridgehead atoms. The molecule has 1 fully saturated rings. The summed E-state index contributed by atoms with van der Waals surface area (Å²) in [7, 11) is 0. The van der Waals surface area contributed by atoms with Crippen molar-refractivity contribution < 1.29 is 14.3 Å². The van der Waals surface area contributed by atoms with Crippen LogP contribution in [0.5, 0.6) is 0 Å². The number of carbonyl (C=O) groups is 2. The number of nitrogens with zero attached hydrogens (tertiary/aromatic N) is 2. The summed E-state index contributed by atoms with van der Waals surface area (Å²) < 4.78 is 7.57. The highest BCUT2D eigenvalue weighted by atomic mass is 16.5. The highest BCUT2D eigenvalue weighted by Gasteiger charge is 2.41. The number of benzene rings is 1. The average molecular weight is 325 g/mol. The number of hydrogen-bond acceptors (Lipinski definition) is 4. The third-order valence-corrected chi connectivity index (χ3v) is 4.43. The second kappa shape index (κ2) is 5.31. The van der Waals surface area contributed by atoms with Crippen LogP contribution in [0.25, 0.3) is 0 Å². The van der Waals surface area contributed by atoms with Gasteiger partial charge in [-0.2, -0.15) is 0 Å². The zero-order valence-electron chi connectivity index (χ0n) is 12.7. The Morgan fingerprint density at radius 3 is 2.62 bits per heavy atom. The van der Waals surface area contributed by atoms with Crippen molar-refractivity contribution in [2.75, 3.05) is 6.54 Å². The van der Waals surface area contributed by atoms with Crippen molar-refractivity contribution in [1.29, 1.82) is 0 Å². The van der Waals surface area contributed by atoms with Crippen LogP contribution in [0.1, 0.15) is 32.5 Å². The Hall–Kier alpha value is -2.93. The predicted octanol–water partition coefficient (Wildman–Crippen LogP) is 0.501. The molecule has 7 nitrogen and oxygen atoms in total. The lowest BCUT2D eigenvalue weighted by Gasteiger charge is -2.31. The minimum Gasteiger partial charge on any atom is -0.365 e. The molecule has 2 aliphatic rings. The van der Waals surface area contributed by atoms with Gasteiger partial charge in [0.1, 0.15) is 17.4 Å². The number of carbonyl (C=O) groups excluding carboxylic acids is 2. The van der Waals surface area contributed by atoms with Crippen LogP contribution < -0.4 is 11.2 Å². The van der Waals surface area contributed by atoms with Crippen molar-refractivity contribution in [1.82, 2.24) is 9.47 Å². The largest absolute Gasteiger partial charge is 0.365 e. The Labute approximate surface area is 137 Å². The smallest absolute Gasteiger partial charge is 0.272 e. The Kier molecular flexibility index (Phi) is 3.24. The molecule has 2 unspecified atom stereocenters. The Balaban J connectivity index is 1.69. The molecule has 1 aromatic carbocycles. The SMILES string of the molecule is NC(=O)c1cn2c(cc1=O)C(=O)N1CC(c3ccccc3)OC1C2. The summed E-state index contributed by atoms with van der Waals surface area (Å²) in [6, 6.07) is 10.8. The van der Waals surface area contributed by atoms with E-state index < -0.39 is 17.6 Å². The molecule has 4 rings (SSSR count). The summed E-state index contributed by atoms with van der Waals surface area (Å²) in [4.78, 5) is 37.6. The first kappa shape index (κ1) is 14.6. The zero-order valence-corrected chi connectivity index (χ0v) is 12.7. The van der Waals surface area contributed by atoms with E-state index in [-0.39, 0.29) is 23.3 Å². The van der Waals surface area contributed by atoms with Crippen LogP contribution in [-0.2, 0) is 11.3 Å². The molecular formula is C17H15N3O4. The van der Waals surface area contributed by atoms with Gasteiger partial charge in [-0.3, -0.25) is 14.4 Å². The monoisotopic (exact) mass is 325 g/mol. The van der Waals surface area contributed by atoms with Gasteiger partial charge >= 0.3 is 0 Å². The molecule has 122 valence electrons. The normalized spacial score (nSPS) is 22.2. The van der Waals surface area contributed by atoms with E-state index in [1.54, 1.807) is 9.47 Å². The van der Waals surface area contributed by atoms with Gasteiger partial charge in [0.2, 0.25) is 0 Å². The fourth-order valence-electron chi connectivity index (χ4n) is 3.22. The number of rotatable bonds is 2. The number of hydrogen-bond donors (Lipinski definition) is 1. The lowest BCUT2D eigenvalue weighted by molar-refractivity contribution is -0.0149. The van der Waals surface area contributed by atoms with Crippen LogP contribution in [0, 0.1) is 0 Å². The summed E-state index contributed by atoms with van der Waals surface area (Å²) >= 11 is 0. The Morgan fingerprint density at radius 1 is 1.17 bits per heavy atom. The van der Waals surface area contributed by atoms with E-state index in [0.717, 1.165) is 5.56 Å². The first-order valence-electron chi connectivity index (χ1n) is 7.60. The maximum Gasteiger partial charge on any atom is 0.272 e. The molecule has 2 aliphatic heterocycles. The van der Waals surface area contributed by atoms with Gasteiger partial charge in [0, 0.05) is 12.3 Å². The molecule has 0 radical (unpaired) electrons. The molecule has 2 amide bonds. The van der Waals surface area contributed by atoms with E-state index in [1.165, 1.54) is 12.3 Å². The molecule has 0 saturated carbocycles. The molecule has 2 N–H and O–H groups in total. The van der Waals surface area contributed by atoms with Gasteiger partial charge < -0.3 is 19.9 Å². The third kappa shape index (κ3) is 2.21. The lowest BCUT2D eigenvalue weighted by atomic mass is 10.1. The minimum atomic E-state index is -0.806. The Bertz CT molecular complexity index is 890. The summed E-state index contributed by atoms with van der Waals surface area (Å²) in [6.45, 7) is 0.782. The number of pyridine rings is 1. The summed E-state index contributed by atoms with van der Waals surface area (Å²) in [5.41, 5.74) is 5.78. The van der Waals surface area contributed by atoms with Gasteiger partial charge in [0.25, 0.3) is 11.8 Å². The van der Waals surface area contributed by atoms with Gasteiger partial charge in [-0.15, -0.1) is 0 Å². The number of ether oxygens (including phenoxy) is 1. The molecule has 1 aromatic heterocycles. The fourth-order valence-corrected chi connectivity index (χ4v) is 3.22. The van der Waals surface area contributed by atoms with Crippen LogP contribution in [0.4, 0.5) is 0 Å². The van der Waals surface area contributed by atoms with Gasteiger partial charge in [0.15, 0.2) is 11.7 Å². The number of aromatic nitrogens is 1. The van der Waals surface area contributed by atoms with Crippen molar-refractivity contribution in [2.24, 2.45) is 5.73 Å². The van der Waals surface area contributed by atoms with E-state index in [2.05, 4.69) is 0 Å². The highest BCUT2D eigenvalue weighted by Crippen LogP contribution is 2.33. The molecule has 2 aromatic rings.